The number of hydrazine groups is 1. The monoisotopic (exact) mass is 396 g/mol. The van der Waals surface area contributed by atoms with Gasteiger partial charge in [-0.1, -0.05) is 0 Å². The molecule has 0 amide bonds. The molecule has 2 nitrogen and oxygen atoms in total. The maximum atomic E-state index is 13.9. The molecular formula is C20H40F3N2P. The summed E-state index contributed by atoms with van der Waals surface area (Å²) >= 11 is 0. The summed E-state index contributed by atoms with van der Waals surface area (Å²) in [7, 11) is 0. The average Bonchev–Trinajstić information content (AvgIpc) is 3.12. The Bertz CT molecular complexity index is 394. The zero-order chi connectivity index (χ0) is 19.7. The van der Waals surface area contributed by atoms with Crippen LogP contribution in [0.3, 0.4) is 0 Å². The predicted molar refractivity (Wildman–Crippen MR) is 110 cm³/mol. The van der Waals surface area contributed by atoms with Crippen LogP contribution in [0, 0.1) is 0 Å². The topological polar surface area (TPSA) is 6.48 Å². The van der Waals surface area contributed by atoms with Crippen LogP contribution in [0.5, 0.6) is 0 Å². The van der Waals surface area contributed by atoms with E-state index in [1.54, 1.807) is 17.1 Å². The number of rotatable bonds is 13. The van der Waals surface area contributed by atoms with Crippen molar-refractivity contribution in [2.75, 3.05) is 31.2 Å². The molecule has 1 rings (SSSR count). The molecule has 0 fully saturated rings. The van der Waals surface area contributed by atoms with Gasteiger partial charge < -0.3 is 0 Å². The van der Waals surface area contributed by atoms with Gasteiger partial charge in [0.25, 0.3) is 0 Å². The van der Waals surface area contributed by atoms with Crippen molar-refractivity contribution >= 4 is 6.75 Å². The summed E-state index contributed by atoms with van der Waals surface area (Å²) in [6.07, 6.45) is 11.4. The van der Waals surface area contributed by atoms with Crippen LogP contribution in [0.1, 0.15) is 79.1 Å². The second-order valence-corrected chi connectivity index (χ2v) is 14.0. The average molecular weight is 397 g/mol. The first-order valence-corrected chi connectivity index (χ1v) is 13.5. The maximum absolute atomic E-state index is 13.9. The second kappa shape index (κ2) is 10.3. The van der Waals surface area contributed by atoms with Crippen molar-refractivity contribution in [3.63, 3.8) is 0 Å². The van der Waals surface area contributed by atoms with Crippen LogP contribution >= 0.6 is 6.75 Å². The SMILES string of the molecule is CCCCP(CCCC)(CCCC)(CCCC)N1C=CCN1C(F)(F)F. The molecule has 0 bridgehead atoms. The molecule has 26 heavy (non-hydrogen) atoms. The predicted octanol–water partition coefficient (Wildman–Crippen LogP) is 7.22. The first kappa shape index (κ1) is 23.8. The number of nitrogens with zero attached hydrogens (tertiary/aromatic N) is 2. The fraction of sp³-hybridized carbons (Fsp3) is 0.900. The Kier molecular flexibility index (Phi) is 9.43. The van der Waals surface area contributed by atoms with Crippen LogP contribution in [0.25, 0.3) is 0 Å². The Labute approximate surface area is 159 Å². The molecule has 0 radical (unpaired) electrons. The Morgan fingerprint density at radius 2 is 1.15 bits per heavy atom. The summed E-state index contributed by atoms with van der Waals surface area (Å²) in [4.78, 5) is 0. The Morgan fingerprint density at radius 3 is 1.46 bits per heavy atom. The summed E-state index contributed by atoms with van der Waals surface area (Å²) in [6.45, 7) is 5.89. The van der Waals surface area contributed by atoms with Gasteiger partial charge in [0, 0.05) is 0 Å². The van der Waals surface area contributed by atoms with Crippen molar-refractivity contribution in [2.45, 2.75) is 85.4 Å². The van der Waals surface area contributed by atoms with E-state index in [1.807, 2.05) is 0 Å². The van der Waals surface area contributed by atoms with Crippen LogP contribution in [0.4, 0.5) is 13.2 Å². The van der Waals surface area contributed by atoms with Crippen molar-refractivity contribution in [1.82, 2.24) is 9.79 Å². The third-order valence-electron chi connectivity index (χ3n) is 5.98. The molecule has 0 N–H and O–H groups in total. The number of hydrogen-bond acceptors (Lipinski definition) is 2. The summed E-state index contributed by atoms with van der Waals surface area (Å²) in [5, 5.41) is 0.724. The molecule has 0 aromatic heterocycles. The molecule has 0 saturated carbocycles. The molecular weight excluding hydrogens is 356 g/mol. The van der Waals surface area contributed by atoms with Gasteiger partial charge in [0.05, 0.1) is 0 Å². The van der Waals surface area contributed by atoms with Gasteiger partial charge in [-0.2, -0.15) is 0 Å². The first-order chi connectivity index (χ1) is 12.3. The normalized spacial score (nSPS) is 17.7. The zero-order valence-corrected chi connectivity index (χ0v) is 18.2. The van der Waals surface area contributed by atoms with Gasteiger partial charge in [0.2, 0.25) is 0 Å². The van der Waals surface area contributed by atoms with Gasteiger partial charge in [-0.25, -0.2) is 0 Å². The van der Waals surface area contributed by atoms with E-state index in [1.165, 1.54) is 0 Å². The van der Waals surface area contributed by atoms with E-state index in [0.717, 1.165) is 81.0 Å². The van der Waals surface area contributed by atoms with Crippen LogP contribution in [0.2, 0.25) is 0 Å². The van der Waals surface area contributed by atoms with Crippen molar-refractivity contribution in [3.8, 4) is 0 Å². The molecule has 0 aliphatic carbocycles. The fourth-order valence-electron chi connectivity index (χ4n) is 4.46. The molecule has 156 valence electrons. The van der Waals surface area contributed by atoms with E-state index < -0.39 is 13.1 Å². The zero-order valence-electron chi connectivity index (χ0n) is 17.3. The summed E-state index contributed by atoms with van der Waals surface area (Å²) in [5.41, 5.74) is 0. The van der Waals surface area contributed by atoms with Crippen molar-refractivity contribution < 1.29 is 13.2 Å². The summed E-state index contributed by atoms with van der Waals surface area (Å²) in [5.74, 6) is 0. The Balaban J connectivity index is 3.47. The molecule has 0 atom stereocenters. The number of hydrogen-bond donors (Lipinski definition) is 0. The van der Waals surface area contributed by atoms with Crippen molar-refractivity contribution in [3.05, 3.63) is 12.3 Å². The van der Waals surface area contributed by atoms with Gasteiger partial charge in [-0.15, -0.1) is 0 Å². The molecule has 0 spiro atoms. The van der Waals surface area contributed by atoms with Crippen molar-refractivity contribution in [1.29, 1.82) is 0 Å². The summed E-state index contributed by atoms with van der Waals surface area (Å²) in [6, 6.07) is 0. The Hall–Kier alpha value is -0.280. The molecule has 6 heteroatoms. The van der Waals surface area contributed by atoms with E-state index in [0.29, 0.717) is 0 Å². The number of unbranched alkanes of at least 4 members (excludes halogenated alkanes) is 4. The van der Waals surface area contributed by atoms with Crippen molar-refractivity contribution in [2.24, 2.45) is 0 Å². The van der Waals surface area contributed by atoms with Gasteiger partial charge >= 0.3 is 159 Å². The first-order valence-electron chi connectivity index (χ1n) is 10.6. The van der Waals surface area contributed by atoms with Crippen LogP contribution < -0.4 is 0 Å². The van der Waals surface area contributed by atoms with Gasteiger partial charge in [-0.3, -0.25) is 0 Å². The van der Waals surface area contributed by atoms with E-state index in [9.17, 15) is 13.2 Å². The van der Waals surface area contributed by atoms with E-state index >= 15 is 0 Å². The standard InChI is InChI=1S/C20H40F3N2P/c1-5-9-16-26(17-10-6-2,18-11-7-3,19-12-8-4)25-15-13-14-24(25)20(21,22)23/h13,15H,5-12,14,16-19H2,1-4H3. The summed E-state index contributed by atoms with van der Waals surface area (Å²) < 4.78 is 43.4. The molecule has 1 aliphatic rings. The third kappa shape index (κ3) is 5.38. The third-order valence-corrected chi connectivity index (χ3v) is 13.3. The fourth-order valence-corrected chi connectivity index (χ4v) is 12.4. The molecule has 0 unspecified atom stereocenters. The molecule has 0 aromatic rings. The Morgan fingerprint density at radius 1 is 0.769 bits per heavy atom. The van der Waals surface area contributed by atoms with Gasteiger partial charge in [-0.05, 0) is 0 Å². The van der Waals surface area contributed by atoms with Crippen LogP contribution in [0.15, 0.2) is 12.3 Å². The quantitative estimate of drug-likeness (QED) is 0.239. The second-order valence-electron chi connectivity index (χ2n) is 7.97. The minimum absolute atomic E-state index is 0.0299. The molecule has 0 saturated heterocycles. The van der Waals surface area contributed by atoms with Gasteiger partial charge in [0.1, 0.15) is 0 Å². The van der Waals surface area contributed by atoms with Gasteiger partial charge in [0.15, 0.2) is 0 Å². The van der Waals surface area contributed by atoms with E-state index in [4.69, 9.17) is 0 Å². The van der Waals surface area contributed by atoms with E-state index in [2.05, 4.69) is 27.7 Å². The number of halogens is 3. The molecule has 0 aromatic carbocycles. The molecule has 1 aliphatic heterocycles. The van der Waals surface area contributed by atoms with E-state index in [-0.39, 0.29) is 6.54 Å². The minimum atomic E-state index is -4.30. The van der Waals surface area contributed by atoms with Crippen LogP contribution in [-0.2, 0) is 0 Å². The van der Waals surface area contributed by atoms with Crippen LogP contribution in [-0.4, -0.2) is 47.3 Å². The number of alkyl halides is 3. The molecule has 1 heterocycles.